The standard InChI is InChI=1S/C15H20ClN3/c1-15(12-16,13-6-4-3-5-7-13)18-9-8-14-17-10-11-19(14)2/h3-7,10-11,18H,8-9,12H2,1-2H3. The molecule has 102 valence electrons. The highest BCUT2D eigenvalue weighted by Crippen LogP contribution is 2.21. The van der Waals surface area contributed by atoms with Crippen molar-refractivity contribution >= 4 is 11.6 Å². The number of hydrogen-bond donors (Lipinski definition) is 1. The summed E-state index contributed by atoms with van der Waals surface area (Å²) in [6.07, 6.45) is 4.68. The molecule has 1 N–H and O–H groups in total. The second-order valence-corrected chi connectivity index (χ2v) is 5.23. The highest BCUT2D eigenvalue weighted by molar-refractivity contribution is 6.18. The van der Waals surface area contributed by atoms with Crippen molar-refractivity contribution in [2.45, 2.75) is 18.9 Å². The summed E-state index contributed by atoms with van der Waals surface area (Å²) in [7, 11) is 2.01. The highest BCUT2D eigenvalue weighted by atomic mass is 35.5. The van der Waals surface area contributed by atoms with Crippen molar-refractivity contribution in [2.24, 2.45) is 7.05 Å². The number of benzene rings is 1. The summed E-state index contributed by atoms with van der Waals surface area (Å²) in [5.74, 6) is 1.62. The van der Waals surface area contributed by atoms with E-state index in [4.69, 9.17) is 11.6 Å². The summed E-state index contributed by atoms with van der Waals surface area (Å²) in [6, 6.07) is 10.3. The van der Waals surface area contributed by atoms with Crippen molar-refractivity contribution in [2.75, 3.05) is 12.4 Å². The van der Waals surface area contributed by atoms with Gasteiger partial charge < -0.3 is 9.88 Å². The van der Waals surface area contributed by atoms with Gasteiger partial charge >= 0.3 is 0 Å². The van der Waals surface area contributed by atoms with Crippen molar-refractivity contribution in [1.82, 2.24) is 14.9 Å². The van der Waals surface area contributed by atoms with Crippen LogP contribution in [0.5, 0.6) is 0 Å². The molecule has 1 unspecified atom stereocenters. The Balaban J connectivity index is 1.98. The van der Waals surface area contributed by atoms with Gasteiger partial charge in [0.25, 0.3) is 0 Å². The molecule has 0 saturated carbocycles. The molecule has 2 rings (SSSR count). The first-order valence-electron chi connectivity index (χ1n) is 6.48. The molecule has 1 aromatic carbocycles. The molecule has 0 amide bonds. The first-order valence-corrected chi connectivity index (χ1v) is 7.02. The van der Waals surface area contributed by atoms with Gasteiger partial charge in [-0.3, -0.25) is 0 Å². The fourth-order valence-electron chi connectivity index (χ4n) is 2.12. The fraction of sp³-hybridized carbons (Fsp3) is 0.400. The summed E-state index contributed by atoms with van der Waals surface area (Å²) >= 11 is 6.15. The van der Waals surface area contributed by atoms with E-state index in [2.05, 4.69) is 29.4 Å². The third kappa shape index (κ3) is 3.37. The van der Waals surface area contributed by atoms with Crippen LogP contribution >= 0.6 is 11.6 Å². The maximum absolute atomic E-state index is 6.15. The van der Waals surface area contributed by atoms with Crippen molar-refractivity contribution < 1.29 is 0 Å². The quantitative estimate of drug-likeness (QED) is 0.823. The third-order valence-electron chi connectivity index (χ3n) is 3.46. The number of nitrogens with zero attached hydrogens (tertiary/aromatic N) is 2. The topological polar surface area (TPSA) is 29.9 Å². The molecule has 19 heavy (non-hydrogen) atoms. The molecule has 1 atom stereocenters. The number of imidazole rings is 1. The van der Waals surface area contributed by atoms with Gasteiger partial charge in [0.05, 0.1) is 5.54 Å². The molecular weight excluding hydrogens is 258 g/mol. The summed E-state index contributed by atoms with van der Waals surface area (Å²) in [4.78, 5) is 4.32. The van der Waals surface area contributed by atoms with Crippen molar-refractivity contribution in [3.63, 3.8) is 0 Å². The molecule has 0 radical (unpaired) electrons. The van der Waals surface area contributed by atoms with Crippen LogP contribution in [0.4, 0.5) is 0 Å². The minimum atomic E-state index is -0.200. The van der Waals surface area contributed by atoms with Gasteiger partial charge in [-0.1, -0.05) is 30.3 Å². The van der Waals surface area contributed by atoms with E-state index in [1.165, 1.54) is 5.56 Å². The maximum Gasteiger partial charge on any atom is 0.109 e. The monoisotopic (exact) mass is 277 g/mol. The van der Waals surface area contributed by atoms with Crippen LogP contribution in [0, 0.1) is 0 Å². The lowest BCUT2D eigenvalue weighted by Gasteiger charge is -2.29. The number of nitrogens with one attached hydrogen (secondary N) is 1. The third-order valence-corrected chi connectivity index (χ3v) is 4.00. The van der Waals surface area contributed by atoms with Crippen LogP contribution in [-0.2, 0) is 19.0 Å². The molecule has 0 spiro atoms. The van der Waals surface area contributed by atoms with Gasteiger partial charge in [0, 0.05) is 38.3 Å². The van der Waals surface area contributed by atoms with Gasteiger partial charge in [-0.15, -0.1) is 11.6 Å². The highest BCUT2D eigenvalue weighted by Gasteiger charge is 2.24. The lowest BCUT2D eigenvalue weighted by molar-refractivity contribution is 0.409. The van der Waals surface area contributed by atoms with Gasteiger partial charge in [-0.25, -0.2) is 4.98 Å². The zero-order chi connectivity index (χ0) is 13.7. The Hall–Kier alpha value is -1.32. The van der Waals surface area contributed by atoms with Crippen LogP contribution in [0.15, 0.2) is 42.7 Å². The van der Waals surface area contributed by atoms with E-state index in [-0.39, 0.29) is 5.54 Å². The number of hydrogen-bond acceptors (Lipinski definition) is 2. The molecule has 0 aliphatic carbocycles. The Morgan fingerprint density at radius 3 is 2.63 bits per heavy atom. The van der Waals surface area contributed by atoms with E-state index in [0.29, 0.717) is 5.88 Å². The van der Waals surface area contributed by atoms with E-state index in [1.807, 2.05) is 42.2 Å². The molecule has 0 saturated heterocycles. The van der Waals surface area contributed by atoms with Gasteiger partial charge in [0.15, 0.2) is 0 Å². The predicted molar refractivity (Wildman–Crippen MR) is 79.4 cm³/mol. The molecule has 1 aromatic heterocycles. The first-order chi connectivity index (χ1) is 9.15. The number of alkyl halides is 1. The summed E-state index contributed by atoms with van der Waals surface area (Å²) in [5.41, 5.74) is 1.01. The number of aromatic nitrogens is 2. The van der Waals surface area contributed by atoms with E-state index < -0.39 is 0 Å². The second-order valence-electron chi connectivity index (χ2n) is 4.96. The Morgan fingerprint density at radius 2 is 2.05 bits per heavy atom. The van der Waals surface area contributed by atoms with E-state index in [0.717, 1.165) is 18.8 Å². The number of aryl methyl sites for hydroxylation is 1. The largest absolute Gasteiger partial charge is 0.338 e. The molecule has 0 aliphatic rings. The molecule has 0 fully saturated rings. The molecule has 0 aliphatic heterocycles. The van der Waals surface area contributed by atoms with E-state index >= 15 is 0 Å². The lowest BCUT2D eigenvalue weighted by atomic mass is 9.94. The van der Waals surface area contributed by atoms with Crippen LogP contribution < -0.4 is 5.32 Å². The van der Waals surface area contributed by atoms with Crippen LogP contribution in [0.25, 0.3) is 0 Å². The van der Waals surface area contributed by atoms with Crippen LogP contribution in [-0.4, -0.2) is 22.0 Å². The van der Waals surface area contributed by atoms with Crippen LogP contribution in [0.2, 0.25) is 0 Å². The smallest absolute Gasteiger partial charge is 0.109 e. The second kappa shape index (κ2) is 6.22. The van der Waals surface area contributed by atoms with Gasteiger partial charge in [-0.05, 0) is 12.5 Å². The maximum atomic E-state index is 6.15. The molecule has 4 heteroatoms. The first kappa shape index (κ1) is 14.1. The lowest BCUT2D eigenvalue weighted by Crippen LogP contribution is -2.42. The number of halogens is 1. The van der Waals surface area contributed by atoms with Crippen LogP contribution in [0.1, 0.15) is 18.3 Å². The van der Waals surface area contributed by atoms with Crippen molar-refractivity contribution in [3.05, 3.63) is 54.1 Å². The Bertz CT molecular complexity index is 509. The Kier molecular flexibility index (Phi) is 4.61. The number of rotatable bonds is 6. The zero-order valence-corrected chi connectivity index (χ0v) is 12.2. The molecule has 3 nitrogen and oxygen atoms in total. The molecular formula is C15H20ClN3. The van der Waals surface area contributed by atoms with Crippen molar-refractivity contribution in [3.8, 4) is 0 Å². The van der Waals surface area contributed by atoms with E-state index in [9.17, 15) is 0 Å². The normalized spacial score (nSPS) is 14.3. The molecule has 2 aromatic rings. The average molecular weight is 278 g/mol. The van der Waals surface area contributed by atoms with E-state index in [1.54, 1.807) is 0 Å². The fourth-order valence-corrected chi connectivity index (χ4v) is 2.37. The van der Waals surface area contributed by atoms with Gasteiger partial charge in [0.2, 0.25) is 0 Å². The predicted octanol–water partition coefficient (Wildman–Crippen LogP) is 2.71. The minimum Gasteiger partial charge on any atom is -0.338 e. The minimum absolute atomic E-state index is 0.200. The van der Waals surface area contributed by atoms with Crippen molar-refractivity contribution in [1.29, 1.82) is 0 Å². The van der Waals surface area contributed by atoms with Gasteiger partial charge in [0.1, 0.15) is 5.82 Å². The summed E-state index contributed by atoms with van der Waals surface area (Å²) < 4.78 is 2.04. The molecule has 1 heterocycles. The Morgan fingerprint density at radius 1 is 1.32 bits per heavy atom. The zero-order valence-electron chi connectivity index (χ0n) is 11.4. The molecule has 0 bridgehead atoms. The van der Waals surface area contributed by atoms with Crippen LogP contribution in [0.3, 0.4) is 0 Å². The SMILES string of the molecule is Cn1ccnc1CCNC(C)(CCl)c1ccccc1. The van der Waals surface area contributed by atoms with Gasteiger partial charge in [-0.2, -0.15) is 0 Å². The summed E-state index contributed by atoms with van der Waals surface area (Å²) in [5, 5.41) is 3.54. The average Bonchev–Trinajstić information content (AvgIpc) is 2.85. The Labute approximate surface area is 119 Å². The summed E-state index contributed by atoms with van der Waals surface area (Å²) in [6.45, 7) is 2.98.